The summed E-state index contributed by atoms with van der Waals surface area (Å²) in [5.74, 6) is 0.734. The van der Waals surface area contributed by atoms with E-state index < -0.39 is 9.84 Å². The van der Waals surface area contributed by atoms with Gasteiger partial charge < -0.3 is 15.5 Å². The smallest absolute Gasteiger partial charge is 0.191 e. The number of hydrogen-bond donors (Lipinski definition) is 2. The number of halogens is 1. The Bertz CT molecular complexity index is 881. The molecule has 2 aromatic carbocycles. The highest BCUT2D eigenvalue weighted by atomic mass is 127. The lowest BCUT2D eigenvalue weighted by atomic mass is 10.1. The average Bonchev–Trinajstić information content (AvgIpc) is 2.64. The van der Waals surface area contributed by atoms with Gasteiger partial charge in [0.25, 0.3) is 0 Å². The number of benzene rings is 2. The van der Waals surface area contributed by atoms with Gasteiger partial charge in [-0.2, -0.15) is 0 Å². The predicted octanol–water partition coefficient (Wildman–Crippen LogP) is 2.68. The molecule has 0 unspecified atom stereocenters. The molecule has 6 nitrogen and oxygen atoms in total. The van der Waals surface area contributed by atoms with Crippen molar-refractivity contribution in [2.75, 3.05) is 38.8 Å². The molecule has 0 heterocycles. The summed E-state index contributed by atoms with van der Waals surface area (Å²) >= 11 is 0. The number of anilines is 1. The molecule has 2 aromatic rings. The first-order chi connectivity index (χ1) is 12.8. The Balaban J connectivity index is 0.00000392. The zero-order chi connectivity index (χ0) is 19.9. The molecule has 0 spiro atoms. The van der Waals surface area contributed by atoms with Gasteiger partial charge in [0, 0.05) is 46.2 Å². The minimum Gasteiger partial charge on any atom is -0.378 e. The van der Waals surface area contributed by atoms with Gasteiger partial charge in [-0.1, -0.05) is 24.3 Å². The molecule has 28 heavy (non-hydrogen) atoms. The molecule has 0 aliphatic rings. The minimum absolute atomic E-state index is 0. The molecule has 0 aliphatic heterocycles. The van der Waals surface area contributed by atoms with Crippen LogP contribution in [0.5, 0.6) is 0 Å². The van der Waals surface area contributed by atoms with E-state index in [0.29, 0.717) is 18.0 Å². The second kappa shape index (κ2) is 11.3. The number of guanidine groups is 1. The summed E-state index contributed by atoms with van der Waals surface area (Å²) < 4.78 is 23.0. The second-order valence-electron chi connectivity index (χ2n) is 6.58. The first kappa shape index (κ1) is 24.2. The normalized spacial score (nSPS) is 11.5. The van der Waals surface area contributed by atoms with E-state index in [1.807, 2.05) is 32.3 Å². The van der Waals surface area contributed by atoms with Crippen LogP contribution in [0, 0.1) is 0 Å². The molecule has 2 rings (SSSR count). The molecule has 0 radical (unpaired) electrons. The fourth-order valence-corrected chi connectivity index (χ4v) is 3.21. The quantitative estimate of drug-likeness (QED) is 0.337. The molecule has 0 bridgehead atoms. The molecule has 0 saturated carbocycles. The van der Waals surface area contributed by atoms with Gasteiger partial charge in [-0.15, -0.1) is 24.0 Å². The van der Waals surface area contributed by atoms with Crippen molar-refractivity contribution in [3.05, 3.63) is 59.7 Å². The van der Waals surface area contributed by atoms with Crippen LogP contribution in [0.25, 0.3) is 0 Å². The zero-order valence-electron chi connectivity index (χ0n) is 16.8. The molecule has 0 atom stereocenters. The van der Waals surface area contributed by atoms with E-state index in [1.165, 1.54) is 11.8 Å². The van der Waals surface area contributed by atoms with Crippen LogP contribution < -0.4 is 15.5 Å². The number of rotatable bonds is 7. The van der Waals surface area contributed by atoms with Crippen LogP contribution in [0.1, 0.15) is 11.1 Å². The fraction of sp³-hybridized carbons (Fsp3) is 0.350. The van der Waals surface area contributed by atoms with Crippen molar-refractivity contribution in [3.63, 3.8) is 0 Å². The van der Waals surface area contributed by atoms with Crippen LogP contribution in [-0.4, -0.2) is 48.3 Å². The Labute approximate surface area is 185 Å². The third-order valence-corrected chi connectivity index (χ3v) is 5.30. The standard InChI is InChI=1S/C20H28N4O2S.HI/c1-21-20(23-15-17-6-5-7-18(14-17)24(2)3)22-13-12-16-8-10-19(11-9-16)27(4,25)26;/h5-11,14H,12-13,15H2,1-4H3,(H2,21,22,23);1H. The largest absolute Gasteiger partial charge is 0.378 e. The van der Waals surface area contributed by atoms with E-state index in [4.69, 9.17) is 0 Å². The highest BCUT2D eigenvalue weighted by Gasteiger charge is 2.06. The maximum Gasteiger partial charge on any atom is 0.191 e. The number of nitrogens with one attached hydrogen (secondary N) is 2. The monoisotopic (exact) mass is 516 g/mol. The summed E-state index contributed by atoms with van der Waals surface area (Å²) in [4.78, 5) is 6.66. The van der Waals surface area contributed by atoms with E-state index in [2.05, 4.69) is 38.7 Å². The van der Waals surface area contributed by atoms with E-state index in [0.717, 1.165) is 23.6 Å². The van der Waals surface area contributed by atoms with Crippen LogP contribution in [0.15, 0.2) is 58.4 Å². The first-order valence-corrected chi connectivity index (χ1v) is 10.7. The van der Waals surface area contributed by atoms with Gasteiger partial charge in [-0.25, -0.2) is 8.42 Å². The van der Waals surface area contributed by atoms with Crippen molar-refractivity contribution in [3.8, 4) is 0 Å². The van der Waals surface area contributed by atoms with Crippen LogP contribution in [0.4, 0.5) is 5.69 Å². The lowest BCUT2D eigenvalue weighted by Gasteiger charge is -2.15. The number of sulfone groups is 1. The number of hydrogen-bond acceptors (Lipinski definition) is 4. The third-order valence-electron chi connectivity index (χ3n) is 4.17. The lowest BCUT2D eigenvalue weighted by molar-refractivity contribution is 0.602. The van der Waals surface area contributed by atoms with Crippen LogP contribution >= 0.6 is 24.0 Å². The summed E-state index contributed by atoms with van der Waals surface area (Å²) in [6.07, 6.45) is 1.99. The molecule has 154 valence electrons. The Morgan fingerprint density at radius 3 is 2.29 bits per heavy atom. The van der Waals surface area contributed by atoms with Gasteiger partial charge >= 0.3 is 0 Å². The van der Waals surface area contributed by atoms with Crippen molar-refractivity contribution in [1.29, 1.82) is 0 Å². The second-order valence-corrected chi connectivity index (χ2v) is 8.60. The van der Waals surface area contributed by atoms with Crippen molar-refractivity contribution in [1.82, 2.24) is 10.6 Å². The molecule has 0 fully saturated rings. The maximum absolute atomic E-state index is 11.5. The lowest BCUT2D eigenvalue weighted by Crippen LogP contribution is -2.37. The topological polar surface area (TPSA) is 73.8 Å². The number of aliphatic imine (C=N–C) groups is 1. The van der Waals surface area contributed by atoms with E-state index in [1.54, 1.807) is 19.2 Å². The van der Waals surface area contributed by atoms with Crippen molar-refractivity contribution in [2.24, 2.45) is 4.99 Å². The fourth-order valence-electron chi connectivity index (χ4n) is 2.58. The Kier molecular flexibility index (Phi) is 9.74. The summed E-state index contributed by atoms with van der Waals surface area (Å²) in [5.41, 5.74) is 3.42. The van der Waals surface area contributed by atoms with Gasteiger partial charge in [-0.05, 0) is 41.8 Å². The van der Waals surface area contributed by atoms with Gasteiger partial charge in [0.2, 0.25) is 0 Å². The molecule has 0 amide bonds. The highest BCUT2D eigenvalue weighted by molar-refractivity contribution is 14.0. The molecule has 0 aromatic heterocycles. The highest BCUT2D eigenvalue weighted by Crippen LogP contribution is 2.13. The Morgan fingerprint density at radius 2 is 1.71 bits per heavy atom. The van der Waals surface area contributed by atoms with Gasteiger partial charge in [0.15, 0.2) is 15.8 Å². The van der Waals surface area contributed by atoms with E-state index in [-0.39, 0.29) is 24.0 Å². The van der Waals surface area contributed by atoms with Crippen LogP contribution in [0.3, 0.4) is 0 Å². The maximum atomic E-state index is 11.5. The van der Waals surface area contributed by atoms with Crippen molar-refractivity contribution < 1.29 is 8.42 Å². The molecular formula is C20H29IN4O2S. The Morgan fingerprint density at radius 1 is 1.04 bits per heavy atom. The average molecular weight is 516 g/mol. The summed E-state index contributed by atoms with van der Waals surface area (Å²) in [6, 6.07) is 15.3. The van der Waals surface area contributed by atoms with E-state index in [9.17, 15) is 8.42 Å². The van der Waals surface area contributed by atoms with Crippen molar-refractivity contribution >= 4 is 45.5 Å². The molecular weight excluding hydrogens is 487 g/mol. The van der Waals surface area contributed by atoms with Crippen LogP contribution in [0.2, 0.25) is 0 Å². The summed E-state index contributed by atoms with van der Waals surface area (Å²) in [6.45, 7) is 1.39. The molecule has 2 N–H and O–H groups in total. The molecule has 0 aliphatic carbocycles. The predicted molar refractivity (Wildman–Crippen MR) is 128 cm³/mol. The van der Waals surface area contributed by atoms with Crippen LogP contribution in [-0.2, 0) is 22.8 Å². The summed E-state index contributed by atoms with van der Waals surface area (Å²) in [5, 5.41) is 6.59. The van der Waals surface area contributed by atoms with Gasteiger partial charge in [0.1, 0.15) is 0 Å². The minimum atomic E-state index is -3.15. The number of nitrogens with zero attached hydrogens (tertiary/aromatic N) is 2. The van der Waals surface area contributed by atoms with Crippen molar-refractivity contribution in [2.45, 2.75) is 17.9 Å². The Hall–Kier alpha value is -1.81. The van der Waals surface area contributed by atoms with Gasteiger partial charge in [0.05, 0.1) is 4.90 Å². The van der Waals surface area contributed by atoms with E-state index >= 15 is 0 Å². The molecule has 8 heteroatoms. The SMILES string of the molecule is CN=C(NCCc1ccc(S(C)(=O)=O)cc1)NCc1cccc(N(C)C)c1.I. The van der Waals surface area contributed by atoms with Gasteiger partial charge in [-0.3, -0.25) is 4.99 Å². The first-order valence-electron chi connectivity index (χ1n) is 8.79. The summed E-state index contributed by atoms with van der Waals surface area (Å²) in [7, 11) is 2.64. The third kappa shape index (κ3) is 7.67. The zero-order valence-corrected chi connectivity index (χ0v) is 19.9. The molecule has 0 saturated heterocycles.